The van der Waals surface area contributed by atoms with Crippen LogP contribution in [0, 0.1) is 5.92 Å². The molecule has 126 valence electrons. The molecule has 1 fully saturated rings. The van der Waals surface area contributed by atoms with E-state index in [0.717, 1.165) is 12.1 Å². The highest BCUT2D eigenvalue weighted by atomic mass is 19.4. The highest BCUT2D eigenvalue weighted by molar-refractivity contribution is 5.81. The maximum atomic E-state index is 12.6. The Kier molecular flexibility index (Phi) is 5.43. The molecule has 0 saturated heterocycles. The second kappa shape index (κ2) is 7.14. The van der Waals surface area contributed by atoms with Gasteiger partial charge < -0.3 is 14.9 Å². The monoisotopic (exact) mass is 330 g/mol. The molecule has 4 nitrogen and oxygen atoms in total. The summed E-state index contributed by atoms with van der Waals surface area (Å²) in [4.78, 5) is 11.2. The van der Waals surface area contributed by atoms with E-state index in [-0.39, 0.29) is 36.9 Å². The third kappa shape index (κ3) is 5.07. The lowest BCUT2D eigenvalue weighted by atomic mass is 10.0. The lowest BCUT2D eigenvalue weighted by Crippen LogP contribution is -2.17. The average Bonchev–Trinajstić information content (AvgIpc) is 2.80. The van der Waals surface area contributed by atoms with E-state index in [1.54, 1.807) is 0 Å². The number of benzene rings is 1. The van der Waals surface area contributed by atoms with Gasteiger partial charge in [-0.25, -0.2) is 0 Å². The van der Waals surface area contributed by atoms with Crippen LogP contribution in [-0.2, 0) is 11.0 Å². The molecule has 1 aromatic carbocycles. The smallest absolute Gasteiger partial charge is 0.416 e. The molecule has 1 aliphatic rings. The first-order valence-electron chi connectivity index (χ1n) is 7.12. The van der Waals surface area contributed by atoms with Gasteiger partial charge in [0.05, 0.1) is 11.7 Å². The molecule has 1 aromatic rings. The Morgan fingerprint density at radius 2 is 2.09 bits per heavy atom. The Balaban J connectivity index is 1.87. The van der Waals surface area contributed by atoms with Crippen molar-refractivity contribution in [1.82, 2.24) is 0 Å². The lowest BCUT2D eigenvalue weighted by Gasteiger charge is -2.12. The first-order valence-corrected chi connectivity index (χ1v) is 7.12. The van der Waals surface area contributed by atoms with Crippen molar-refractivity contribution in [1.29, 1.82) is 0 Å². The minimum atomic E-state index is -4.46. The summed E-state index contributed by atoms with van der Waals surface area (Å²) in [5, 5.41) is 19.3. The fourth-order valence-corrected chi connectivity index (χ4v) is 2.33. The molecular formula is C16H17F3O4. The Bertz CT molecular complexity index is 583. The summed E-state index contributed by atoms with van der Waals surface area (Å²) in [6.45, 7) is -0.228. The number of Topliss-reactive ketones (excluding diaryl/α,β-unsaturated/α-hetero) is 1. The maximum Gasteiger partial charge on any atom is 0.416 e. The number of alkyl halides is 3. The third-order valence-corrected chi connectivity index (χ3v) is 3.56. The Hall–Kier alpha value is -1.86. The topological polar surface area (TPSA) is 66.8 Å². The molecule has 23 heavy (non-hydrogen) atoms. The van der Waals surface area contributed by atoms with Gasteiger partial charge in [-0.15, -0.1) is 0 Å². The number of hydrogen-bond acceptors (Lipinski definition) is 4. The summed E-state index contributed by atoms with van der Waals surface area (Å²) < 4.78 is 42.8. The van der Waals surface area contributed by atoms with E-state index in [2.05, 4.69) is 0 Å². The molecule has 2 N–H and O–H groups in total. The summed E-state index contributed by atoms with van der Waals surface area (Å²) in [5.74, 6) is -0.379. The normalized spacial score (nSPS) is 23.4. The fraction of sp³-hybridized carbons (Fsp3) is 0.438. The number of carbonyl (C=O) groups is 1. The lowest BCUT2D eigenvalue weighted by molar-refractivity contribution is -0.137. The molecule has 0 radical (unpaired) electrons. The van der Waals surface area contributed by atoms with Crippen molar-refractivity contribution >= 4 is 5.78 Å². The van der Waals surface area contributed by atoms with Crippen LogP contribution < -0.4 is 4.74 Å². The minimum Gasteiger partial charge on any atom is -0.491 e. The predicted molar refractivity (Wildman–Crippen MR) is 75.8 cm³/mol. The summed E-state index contributed by atoms with van der Waals surface area (Å²) in [5.41, 5.74) is -0.826. The molecule has 0 bridgehead atoms. The molecule has 0 heterocycles. The van der Waals surface area contributed by atoms with Crippen LogP contribution in [0.25, 0.3) is 0 Å². The molecule has 3 atom stereocenters. The van der Waals surface area contributed by atoms with E-state index in [4.69, 9.17) is 4.74 Å². The van der Waals surface area contributed by atoms with Crippen molar-refractivity contribution in [2.24, 2.45) is 5.92 Å². The van der Waals surface area contributed by atoms with Crippen LogP contribution in [0.15, 0.2) is 36.4 Å². The van der Waals surface area contributed by atoms with Gasteiger partial charge in [0.2, 0.25) is 0 Å². The number of ether oxygens (including phenoxy) is 1. The molecule has 0 spiro atoms. The summed E-state index contributed by atoms with van der Waals surface area (Å²) in [6, 6.07) is 4.38. The molecule has 7 heteroatoms. The molecular weight excluding hydrogens is 313 g/mol. The van der Waals surface area contributed by atoms with Crippen molar-refractivity contribution in [2.75, 3.05) is 6.61 Å². The van der Waals surface area contributed by atoms with E-state index < -0.39 is 23.9 Å². The van der Waals surface area contributed by atoms with Gasteiger partial charge in [0.15, 0.2) is 0 Å². The number of rotatable bonds is 5. The molecule has 1 aliphatic carbocycles. The molecule has 0 unspecified atom stereocenters. The van der Waals surface area contributed by atoms with Gasteiger partial charge in [-0.05, 0) is 18.2 Å². The Morgan fingerprint density at radius 1 is 1.35 bits per heavy atom. The van der Waals surface area contributed by atoms with Gasteiger partial charge in [-0.1, -0.05) is 18.2 Å². The van der Waals surface area contributed by atoms with Crippen LogP contribution >= 0.6 is 0 Å². The first kappa shape index (κ1) is 17.5. The van der Waals surface area contributed by atoms with Gasteiger partial charge >= 0.3 is 6.18 Å². The summed E-state index contributed by atoms with van der Waals surface area (Å²) >= 11 is 0. The number of aliphatic hydroxyl groups excluding tert-OH is 2. The average molecular weight is 330 g/mol. The number of hydrogen-bond donors (Lipinski definition) is 2. The van der Waals surface area contributed by atoms with Gasteiger partial charge in [0, 0.05) is 18.8 Å². The van der Waals surface area contributed by atoms with E-state index in [1.807, 2.05) is 0 Å². The highest BCUT2D eigenvalue weighted by Crippen LogP contribution is 2.31. The second-order valence-electron chi connectivity index (χ2n) is 5.47. The number of aliphatic hydroxyl groups is 2. The summed E-state index contributed by atoms with van der Waals surface area (Å²) in [7, 11) is 0. The van der Waals surface area contributed by atoms with E-state index >= 15 is 0 Å². The standard InChI is InChI=1S/C16H17F3O4/c17-16(18,19)11-2-1-3-14(7-11)23-9-12(20)5-4-10-6-13(21)8-15(10)22/h1-5,7,10,12,15,20,22H,6,8-9H2/b5-4+/t10-,12-,15-/m1/s1. The zero-order chi connectivity index (χ0) is 17.0. The Morgan fingerprint density at radius 3 is 2.70 bits per heavy atom. The van der Waals surface area contributed by atoms with Gasteiger partial charge in [-0.2, -0.15) is 13.2 Å². The predicted octanol–water partition coefficient (Wildman–Crippen LogP) is 2.34. The summed E-state index contributed by atoms with van der Waals surface area (Å²) in [6.07, 6.45) is -3.02. The SMILES string of the molecule is O=C1C[C@@H](O)[C@H](/C=C/[C@@H](O)COc2cccc(C(F)(F)F)c2)C1. The van der Waals surface area contributed by atoms with Gasteiger partial charge in [0.1, 0.15) is 24.2 Å². The second-order valence-corrected chi connectivity index (χ2v) is 5.47. The van der Waals surface area contributed by atoms with E-state index in [0.29, 0.717) is 0 Å². The number of carbonyl (C=O) groups excluding carboxylic acids is 1. The highest BCUT2D eigenvalue weighted by Gasteiger charge is 2.31. The number of halogens is 3. The van der Waals surface area contributed by atoms with Crippen LogP contribution in [0.2, 0.25) is 0 Å². The van der Waals surface area contributed by atoms with Crippen molar-refractivity contribution < 1.29 is 32.9 Å². The quantitative estimate of drug-likeness (QED) is 0.813. The van der Waals surface area contributed by atoms with Crippen LogP contribution in [0.3, 0.4) is 0 Å². The van der Waals surface area contributed by atoms with Crippen LogP contribution in [0.1, 0.15) is 18.4 Å². The molecule has 0 aliphatic heterocycles. The molecule has 2 rings (SSSR count). The Labute approximate surface area is 131 Å². The molecule has 0 aromatic heterocycles. The third-order valence-electron chi connectivity index (χ3n) is 3.56. The van der Waals surface area contributed by atoms with Gasteiger partial charge in [0.25, 0.3) is 0 Å². The van der Waals surface area contributed by atoms with Crippen LogP contribution in [0.5, 0.6) is 5.75 Å². The maximum absolute atomic E-state index is 12.6. The van der Waals surface area contributed by atoms with Gasteiger partial charge in [-0.3, -0.25) is 4.79 Å². The van der Waals surface area contributed by atoms with E-state index in [9.17, 15) is 28.2 Å². The zero-order valence-corrected chi connectivity index (χ0v) is 12.2. The van der Waals surface area contributed by atoms with Crippen LogP contribution in [0.4, 0.5) is 13.2 Å². The van der Waals surface area contributed by atoms with E-state index in [1.165, 1.54) is 24.3 Å². The molecule has 1 saturated carbocycles. The van der Waals surface area contributed by atoms with Crippen molar-refractivity contribution in [3.63, 3.8) is 0 Å². The van der Waals surface area contributed by atoms with Crippen molar-refractivity contribution in [3.05, 3.63) is 42.0 Å². The zero-order valence-electron chi connectivity index (χ0n) is 12.2. The van der Waals surface area contributed by atoms with Crippen LogP contribution in [-0.4, -0.2) is 34.8 Å². The van der Waals surface area contributed by atoms with Crippen molar-refractivity contribution in [2.45, 2.75) is 31.2 Å². The fourth-order valence-electron chi connectivity index (χ4n) is 2.33. The minimum absolute atomic E-state index is 0.00311. The largest absolute Gasteiger partial charge is 0.491 e. The first-order chi connectivity index (χ1) is 10.8. The number of ketones is 1. The molecule has 0 amide bonds. The van der Waals surface area contributed by atoms with Crippen molar-refractivity contribution in [3.8, 4) is 5.75 Å².